The Kier molecular flexibility index (Phi) is 5.28. The zero-order chi connectivity index (χ0) is 14.5. The molecule has 0 radical (unpaired) electrons. The number of ether oxygens (including phenoxy) is 2. The highest BCUT2D eigenvalue weighted by atomic mass is 16.5. The molecule has 0 saturated carbocycles. The van der Waals surface area contributed by atoms with E-state index in [1.165, 1.54) is 30.4 Å². The molecular formula is C18H27NO2. The Labute approximate surface area is 128 Å². The van der Waals surface area contributed by atoms with Crippen LogP contribution in [0, 0.1) is 0 Å². The molecule has 1 fully saturated rings. The van der Waals surface area contributed by atoms with E-state index < -0.39 is 0 Å². The maximum absolute atomic E-state index is 6.08. The maximum atomic E-state index is 6.08. The van der Waals surface area contributed by atoms with Gasteiger partial charge in [-0.05, 0) is 49.8 Å². The molecule has 0 aliphatic carbocycles. The van der Waals surface area contributed by atoms with Crippen LogP contribution in [0.25, 0.3) is 0 Å². The molecule has 3 nitrogen and oxygen atoms in total. The van der Waals surface area contributed by atoms with E-state index in [4.69, 9.17) is 9.47 Å². The van der Waals surface area contributed by atoms with Gasteiger partial charge in [0.15, 0.2) is 0 Å². The molecule has 116 valence electrons. The van der Waals surface area contributed by atoms with E-state index in [0.29, 0.717) is 12.1 Å². The molecule has 0 bridgehead atoms. The van der Waals surface area contributed by atoms with Gasteiger partial charge in [-0.1, -0.05) is 31.2 Å². The summed E-state index contributed by atoms with van der Waals surface area (Å²) >= 11 is 0. The molecule has 1 N–H and O–H groups in total. The summed E-state index contributed by atoms with van der Waals surface area (Å²) in [7, 11) is 0. The van der Waals surface area contributed by atoms with E-state index in [-0.39, 0.29) is 6.10 Å². The van der Waals surface area contributed by atoms with E-state index >= 15 is 0 Å². The van der Waals surface area contributed by atoms with Crippen molar-refractivity contribution >= 4 is 0 Å². The molecule has 1 aromatic rings. The van der Waals surface area contributed by atoms with Crippen molar-refractivity contribution in [3.05, 3.63) is 35.4 Å². The van der Waals surface area contributed by atoms with Crippen molar-refractivity contribution in [1.82, 2.24) is 5.32 Å². The summed E-state index contributed by atoms with van der Waals surface area (Å²) in [4.78, 5) is 0. The largest absolute Gasteiger partial charge is 0.377 e. The van der Waals surface area contributed by atoms with Crippen LogP contribution in [0.15, 0.2) is 24.3 Å². The summed E-state index contributed by atoms with van der Waals surface area (Å²) in [6.45, 7) is 4.91. The number of likely N-dealkylation sites (N-methyl/N-ethyl adjacent to an activating group) is 1. The minimum Gasteiger partial charge on any atom is -0.377 e. The van der Waals surface area contributed by atoms with Crippen LogP contribution in [0.2, 0.25) is 0 Å². The van der Waals surface area contributed by atoms with Gasteiger partial charge in [0.25, 0.3) is 0 Å². The number of hydrogen-bond donors (Lipinski definition) is 1. The standard InChI is InChI=1S/C18H27NO2/c1-2-19-16(17-9-5-6-11-20-17)13-18-15-8-4-3-7-14(15)10-12-21-18/h3-4,7-8,16-19H,2,5-6,9-13H2,1H3. The van der Waals surface area contributed by atoms with Gasteiger partial charge in [-0.2, -0.15) is 0 Å². The Hall–Kier alpha value is -0.900. The molecule has 3 heteroatoms. The van der Waals surface area contributed by atoms with Crippen LogP contribution < -0.4 is 5.32 Å². The summed E-state index contributed by atoms with van der Waals surface area (Å²) in [5, 5.41) is 3.63. The molecule has 2 aliphatic heterocycles. The molecular weight excluding hydrogens is 262 g/mol. The van der Waals surface area contributed by atoms with Crippen molar-refractivity contribution in [3.63, 3.8) is 0 Å². The monoisotopic (exact) mass is 289 g/mol. The number of rotatable bonds is 5. The SMILES string of the molecule is CCNC(CC1OCCc2ccccc21)C1CCCCO1. The van der Waals surface area contributed by atoms with Crippen molar-refractivity contribution in [3.8, 4) is 0 Å². The third kappa shape index (κ3) is 3.65. The third-order valence-electron chi connectivity index (χ3n) is 4.69. The van der Waals surface area contributed by atoms with Crippen LogP contribution in [0.1, 0.15) is 49.8 Å². The van der Waals surface area contributed by atoms with Gasteiger partial charge in [0.05, 0.1) is 18.8 Å². The fourth-order valence-corrected chi connectivity index (χ4v) is 3.61. The fourth-order valence-electron chi connectivity index (χ4n) is 3.61. The number of nitrogens with one attached hydrogen (secondary N) is 1. The van der Waals surface area contributed by atoms with Crippen molar-refractivity contribution in [2.75, 3.05) is 19.8 Å². The molecule has 3 rings (SSSR count). The average Bonchev–Trinajstić information content (AvgIpc) is 2.55. The summed E-state index contributed by atoms with van der Waals surface area (Å²) in [5.74, 6) is 0. The van der Waals surface area contributed by atoms with E-state index in [1.54, 1.807) is 0 Å². The second kappa shape index (κ2) is 7.39. The van der Waals surface area contributed by atoms with Crippen LogP contribution in [0.3, 0.4) is 0 Å². The van der Waals surface area contributed by atoms with E-state index in [0.717, 1.165) is 32.6 Å². The van der Waals surface area contributed by atoms with E-state index in [1.807, 2.05) is 0 Å². The molecule has 3 atom stereocenters. The lowest BCUT2D eigenvalue weighted by Crippen LogP contribution is -2.44. The third-order valence-corrected chi connectivity index (χ3v) is 4.69. The maximum Gasteiger partial charge on any atom is 0.0843 e. The lowest BCUT2D eigenvalue weighted by atomic mass is 9.90. The molecule has 3 unspecified atom stereocenters. The number of benzene rings is 1. The van der Waals surface area contributed by atoms with Crippen molar-refractivity contribution in [2.45, 2.75) is 57.3 Å². The van der Waals surface area contributed by atoms with Gasteiger partial charge in [-0.3, -0.25) is 0 Å². The summed E-state index contributed by atoms with van der Waals surface area (Å²) in [5.41, 5.74) is 2.83. The van der Waals surface area contributed by atoms with Crippen molar-refractivity contribution in [2.24, 2.45) is 0 Å². The molecule has 0 spiro atoms. The Morgan fingerprint density at radius 2 is 2.10 bits per heavy atom. The zero-order valence-electron chi connectivity index (χ0n) is 13.0. The van der Waals surface area contributed by atoms with Crippen molar-refractivity contribution < 1.29 is 9.47 Å². The predicted molar refractivity (Wildman–Crippen MR) is 84.5 cm³/mol. The van der Waals surface area contributed by atoms with Gasteiger partial charge < -0.3 is 14.8 Å². The highest BCUT2D eigenvalue weighted by molar-refractivity contribution is 5.31. The van der Waals surface area contributed by atoms with Gasteiger partial charge in [0, 0.05) is 12.6 Å². The minimum atomic E-state index is 0.213. The molecule has 1 aromatic carbocycles. The number of fused-ring (bicyclic) bond motifs is 1. The topological polar surface area (TPSA) is 30.5 Å². The predicted octanol–water partition coefficient (Wildman–Crippen LogP) is 3.24. The van der Waals surface area contributed by atoms with Gasteiger partial charge in [-0.15, -0.1) is 0 Å². The van der Waals surface area contributed by atoms with Gasteiger partial charge in [-0.25, -0.2) is 0 Å². The minimum absolute atomic E-state index is 0.213. The van der Waals surface area contributed by atoms with Crippen LogP contribution >= 0.6 is 0 Å². The van der Waals surface area contributed by atoms with Gasteiger partial charge in [0.1, 0.15) is 0 Å². The molecule has 1 saturated heterocycles. The first-order valence-corrected chi connectivity index (χ1v) is 8.43. The average molecular weight is 289 g/mol. The first-order valence-electron chi connectivity index (χ1n) is 8.43. The quantitative estimate of drug-likeness (QED) is 0.902. The first-order chi connectivity index (χ1) is 10.4. The van der Waals surface area contributed by atoms with Gasteiger partial charge >= 0.3 is 0 Å². The van der Waals surface area contributed by atoms with Crippen LogP contribution in [0.4, 0.5) is 0 Å². The second-order valence-electron chi connectivity index (χ2n) is 6.11. The smallest absolute Gasteiger partial charge is 0.0843 e. The zero-order valence-corrected chi connectivity index (χ0v) is 13.0. The molecule has 21 heavy (non-hydrogen) atoms. The highest BCUT2D eigenvalue weighted by Gasteiger charge is 2.29. The summed E-state index contributed by atoms with van der Waals surface area (Å²) < 4.78 is 12.1. The Bertz CT molecular complexity index is 443. The molecule has 2 heterocycles. The molecule has 0 amide bonds. The lowest BCUT2D eigenvalue weighted by Gasteiger charge is -2.35. The van der Waals surface area contributed by atoms with E-state index in [9.17, 15) is 0 Å². The van der Waals surface area contributed by atoms with Crippen molar-refractivity contribution in [1.29, 1.82) is 0 Å². The van der Waals surface area contributed by atoms with Gasteiger partial charge in [0.2, 0.25) is 0 Å². The lowest BCUT2D eigenvalue weighted by molar-refractivity contribution is -0.0325. The fraction of sp³-hybridized carbons (Fsp3) is 0.667. The van der Waals surface area contributed by atoms with Crippen LogP contribution in [-0.4, -0.2) is 31.9 Å². The van der Waals surface area contributed by atoms with Crippen LogP contribution in [-0.2, 0) is 15.9 Å². The Balaban J connectivity index is 1.71. The Morgan fingerprint density at radius 3 is 2.90 bits per heavy atom. The highest BCUT2D eigenvalue weighted by Crippen LogP contribution is 2.32. The Morgan fingerprint density at radius 1 is 1.19 bits per heavy atom. The first kappa shape index (κ1) is 15.0. The van der Waals surface area contributed by atoms with E-state index in [2.05, 4.69) is 36.5 Å². The molecule has 2 aliphatic rings. The summed E-state index contributed by atoms with van der Waals surface area (Å²) in [6.07, 6.45) is 6.27. The normalized spacial score (nSPS) is 27.1. The summed E-state index contributed by atoms with van der Waals surface area (Å²) in [6, 6.07) is 9.12. The number of hydrogen-bond acceptors (Lipinski definition) is 3. The molecule has 0 aromatic heterocycles. The second-order valence-corrected chi connectivity index (χ2v) is 6.11. The van der Waals surface area contributed by atoms with Crippen LogP contribution in [0.5, 0.6) is 0 Å².